The van der Waals surface area contributed by atoms with Gasteiger partial charge in [0, 0.05) is 42.8 Å². The predicted octanol–water partition coefficient (Wildman–Crippen LogP) is 4.43. The van der Waals surface area contributed by atoms with Crippen molar-refractivity contribution in [1.82, 2.24) is 19.8 Å². The van der Waals surface area contributed by atoms with E-state index in [4.69, 9.17) is 9.47 Å². The number of ether oxygens (including phenoxy) is 2. The molecule has 0 spiro atoms. The van der Waals surface area contributed by atoms with Gasteiger partial charge in [0.2, 0.25) is 5.91 Å². The number of aromatic nitrogens is 2. The highest BCUT2D eigenvalue weighted by Crippen LogP contribution is 2.23. The molecule has 1 N–H and O–H groups in total. The molecule has 0 saturated heterocycles. The number of amides is 1. The molecule has 2 heterocycles. The molecular formula is C26H34N4O3S. The van der Waals surface area contributed by atoms with Gasteiger partial charge in [0.15, 0.2) is 0 Å². The molecule has 0 saturated carbocycles. The maximum Gasteiger partial charge on any atom is 0.223 e. The van der Waals surface area contributed by atoms with Gasteiger partial charge in [-0.25, -0.2) is 4.98 Å². The van der Waals surface area contributed by atoms with E-state index < -0.39 is 0 Å². The Kier molecular flexibility index (Phi) is 10.2. The number of unbranched alkanes of at least 4 members (excludes halogenated alkanes) is 1. The highest BCUT2D eigenvalue weighted by molar-refractivity contribution is 7.15. The van der Waals surface area contributed by atoms with E-state index in [0.717, 1.165) is 53.7 Å². The van der Waals surface area contributed by atoms with Crippen LogP contribution in [0.3, 0.4) is 0 Å². The third-order valence-electron chi connectivity index (χ3n) is 5.44. The van der Waals surface area contributed by atoms with Gasteiger partial charge < -0.3 is 19.7 Å². The van der Waals surface area contributed by atoms with Crippen molar-refractivity contribution >= 4 is 23.3 Å². The molecule has 0 aliphatic carbocycles. The summed E-state index contributed by atoms with van der Waals surface area (Å²) in [7, 11) is 5.47. The van der Waals surface area contributed by atoms with Crippen LogP contribution in [0.1, 0.15) is 29.7 Å². The standard InChI is InChI=1S/C26H34N4O3S/c1-29(15-11-21-17-22(32-2)19-23(18-21)33-3)14-5-4-12-28-25(31)8-6-7-24-9-10-26(34-24)30-16-13-27-20-30/h6-7,9-10,13,16-20H,4-5,8,11-12,14-15H2,1-3H3,(H,28,31). The van der Waals surface area contributed by atoms with Crippen molar-refractivity contribution in [1.29, 1.82) is 0 Å². The number of nitrogens with one attached hydrogen (secondary N) is 1. The van der Waals surface area contributed by atoms with E-state index in [2.05, 4.69) is 46.5 Å². The van der Waals surface area contributed by atoms with Crippen LogP contribution >= 0.6 is 11.3 Å². The number of imidazole rings is 1. The van der Waals surface area contributed by atoms with Crippen LogP contribution in [-0.2, 0) is 11.2 Å². The van der Waals surface area contributed by atoms with Crippen LogP contribution in [0.25, 0.3) is 11.1 Å². The lowest BCUT2D eigenvalue weighted by Gasteiger charge is -2.17. The molecule has 0 aliphatic rings. The highest BCUT2D eigenvalue weighted by Gasteiger charge is 2.05. The molecule has 2 aromatic heterocycles. The first-order chi connectivity index (χ1) is 16.6. The second kappa shape index (κ2) is 13.6. The van der Waals surface area contributed by atoms with Gasteiger partial charge in [-0.1, -0.05) is 6.08 Å². The van der Waals surface area contributed by atoms with E-state index in [0.29, 0.717) is 13.0 Å². The number of likely N-dealkylation sites (N-methyl/N-ethyl adjacent to an activating group) is 1. The van der Waals surface area contributed by atoms with Gasteiger partial charge in [-0.2, -0.15) is 0 Å². The Labute approximate surface area is 206 Å². The molecule has 34 heavy (non-hydrogen) atoms. The Hall–Kier alpha value is -3.10. The van der Waals surface area contributed by atoms with Crippen molar-refractivity contribution in [3.05, 3.63) is 65.6 Å². The average molecular weight is 483 g/mol. The third kappa shape index (κ3) is 8.35. The zero-order valence-corrected chi connectivity index (χ0v) is 21.0. The summed E-state index contributed by atoms with van der Waals surface area (Å²) >= 11 is 1.66. The third-order valence-corrected chi connectivity index (χ3v) is 6.50. The maximum absolute atomic E-state index is 12.1. The van der Waals surface area contributed by atoms with Crippen molar-refractivity contribution in [3.8, 4) is 16.5 Å². The van der Waals surface area contributed by atoms with Crippen molar-refractivity contribution in [3.63, 3.8) is 0 Å². The second-order valence-electron chi connectivity index (χ2n) is 8.08. The Morgan fingerprint density at radius 2 is 1.94 bits per heavy atom. The maximum atomic E-state index is 12.1. The molecule has 3 rings (SSSR count). The molecular weight excluding hydrogens is 448 g/mol. The van der Waals surface area contributed by atoms with Crippen LogP contribution in [0.15, 0.2) is 55.1 Å². The molecule has 0 bridgehead atoms. The summed E-state index contributed by atoms with van der Waals surface area (Å²) < 4.78 is 12.7. The summed E-state index contributed by atoms with van der Waals surface area (Å²) in [6.07, 6.45) is 12.7. The number of rotatable bonds is 14. The monoisotopic (exact) mass is 482 g/mol. The lowest BCUT2D eigenvalue weighted by molar-refractivity contribution is -0.120. The van der Waals surface area contributed by atoms with Crippen LogP contribution < -0.4 is 14.8 Å². The minimum atomic E-state index is 0.0583. The van der Waals surface area contributed by atoms with Crippen molar-refractivity contribution in [2.75, 3.05) is 40.9 Å². The summed E-state index contributed by atoms with van der Waals surface area (Å²) in [6, 6.07) is 10.1. The van der Waals surface area contributed by atoms with Gasteiger partial charge in [0.1, 0.15) is 16.5 Å². The quantitative estimate of drug-likeness (QED) is 0.345. The average Bonchev–Trinajstić information content (AvgIpc) is 3.54. The summed E-state index contributed by atoms with van der Waals surface area (Å²) in [5.41, 5.74) is 1.20. The summed E-state index contributed by atoms with van der Waals surface area (Å²) in [4.78, 5) is 19.6. The van der Waals surface area contributed by atoms with E-state index in [-0.39, 0.29) is 5.91 Å². The molecule has 1 aromatic carbocycles. The first-order valence-corrected chi connectivity index (χ1v) is 12.3. The highest BCUT2D eigenvalue weighted by atomic mass is 32.1. The molecule has 0 atom stereocenters. The summed E-state index contributed by atoms with van der Waals surface area (Å²) in [5.74, 6) is 1.69. The van der Waals surface area contributed by atoms with Crippen molar-refractivity contribution < 1.29 is 14.3 Å². The van der Waals surface area contributed by atoms with E-state index in [1.165, 1.54) is 5.56 Å². The van der Waals surface area contributed by atoms with Gasteiger partial charge in [-0.15, -0.1) is 11.3 Å². The minimum Gasteiger partial charge on any atom is -0.497 e. The second-order valence-corrected chi connectivity index (χ2v) is 9.18. The lowest BCUT2D eigenvalue weighted by atomic mass is 10.1. The molecule has 0 radical (unpaired) electrons. The number of methoxy groups -OCH3 is 2. The molecule has 1 amide bonds. The normalized spacial score (nSPS) is 11.3. The number of hydrogen-bond acceptors (Lipinski definition) is 6. The topological polar surface area (TPSA) is 68.6 Å². The fourth-order valence-corrected chi connectivity index (χ4v) is 4.38. The molecule has 0 fully saturated rings. The van der Waals surface area contributed by atoms with Gasteiger partial charge in [0.25, 0.3) is 0 Å². The smallest absolute Gasteiger partial charge is 0.223 e. The van der Waals surface area contributed by atoms with Gasteiger partial charge in [-0.05, 0) is 68.8 Å². The predicted molar refractivity (Wildman–Crippen MR) is 138 cm³/mol. The van der Waals surface area contributed by atoms with Gasteiger partial charge >= 0.3 is 0 Å². The Balaban J connectivity index is 1.27. The summed E-state index contributed by atoms with van der Waals surface area (Å²) in [6.45, 7) is 2.66. The van der Waals surface area contributed by atoms with E-state index in [1.807, 2.05) is 29.0 Å². The first-order valence-electron chi connectivity index (χ1n) is 11.5. The van der Waals surface area contributed by atoms with E-state index in [1.54, 1.807) is 38.1 Å². The lowest BCUT2D eigenvalue weighted by Crippen LogP contribution is -2.26. The van der Waals surface area contributed by atoms with E-state index in [9.17, 15) is 4.79 Å². The molecule has 3 aromatic rings. The molecule has 0 aliphatic heterocycles. The number of carbonyl (C=O) groups is 1. The van der Waals surface area contributed by atoms with Crippen molar-refractivity contribution in [2.24, 2.45) is 0 Å². The zero-order valence-electron chi connectivity index (χ0n) is 20.2. The molecule has 8 heteroatoms. The van der Waals surface area contributed by atoms with E-state index >= 15 is 0 Å². The summed E-state index contributed by atoms with van der Waals surface area (Å²) in [5, 5.41) is 4.11. The molecule has 182 valence electrons. The SMILES string of the molecule is COc1cc(CCN(C)CCCCNC(=O)CC=Cc2ccc(-n3ccnc3)s2)cc(OC)c1. The van der Waals surface area contributed by atoms with Crippen LogP contribution in [0.4, 0.5) is 0 Å². The number of carbonyl (C=O) groups excluding carboxylic acids is 1. The Morgan fingerprint density at radius 3 is 2.65 bits per heavy atom. The molecule has 0 unspecified atom stereocenters. The van der Waals surface area contributed by atoms with Crippen LogP contribution in [0.2, 0.25) is 0 Å². The van der Waals surface area contributed by atoms with Crippen LogP contribution in [0, 0.1) is 0 Å². The van der Waals surface area contributed by atoms with Gasteiger partial charge in [-0.3, -0.25) is 9.36 Å². The van der Waals surface area contributed by atoms with Crippen molar-refractivity contribution in [2.45, 2.75) is 25.7 Å². The fourth-order valence-electron chi connectivity index (χ4n) is 3.49. The molecule has 7 nitrogen and oxygen atoms in total. The largest absolute Gasteiger partial charge is 0.497 e. The number of nitrogens with zero attached hydrogens (tertiary/aromatic N) is 3. The number of hydrogen-bond donors (Lipinski definition) is 1. The number of benzene rings is 1. The number of thiophene rings is 1. The first kappa shape index (κ1) is 25.5. The van der Waals surface area contributed by atoms with Crippen LogP contribution in [0.5, 0.6) is 11.5 Å². The Morgan fingerprint density at radius 1 is 1.15 bits per heavy atom. The van der Waals surface area contributed by atoms with Crippen LogP contribution in [-0.4, -0.2) is 61.3 Å². The fraction of sp³-hybridized carbons (Fsp3) is 0.385. The Bertz CT molecular complexity index is 1020. The zero-order chi connectivity index (χ0) is 24.2. The minimum absolute atomic E-state index is 0.0583. The van der Waals surface area contributed by atoms with Gasteiger partial charge in [0.05, 0.1) is 20.5 Å².